The molecule has 0 aliphatic heterocycles. The fraction of sp³-hybridized carbons (Fsp3) is 0.304. The standard InChI is InChI=1S/C23H27N3O6SSe/c1-2-32-23(31)18(26-20(27)13-12-17(24)22(29)30)14-33-34-19-11-7-6-10-16(19)21(28)25-15-8-4-3-5-9-15/h3-11,17-18H,2,12-14,24H2,1H3,(H,25,28)(H,26,27)(H,29,30). The summed E-state index contributed by atoms with van der Waals surface area (Å²) in [5, 5.41) is 14.3. The van der Waals surface area contributed by atoms with E-state index in [4.69, 9.17) is 15.6 Å². The fourth-order valence-electron chi connectivity index (χ4n) is 2.70. The number of rotatable bonds is 13. The number of carbonyl (C=O) groups excluding carboxylic acids is 3. The van der Waals surface area contributed by atoms with E-state index < -0.39 is 29.9 Å². The Labute approximate surface area is 207 Å². The molecule has 5 N–H and O–H groups in total. The van der Waals surface area contributed by atoms with Gasteiger partial charge < -0.3 is 0 Å². The average Bonchev–Trinajstić information content (AvgIpc) is 2.82. The van der Waals surface area contributed by atoms with Crippen molar-refractivity contribution < 1.29 is 29.0 Å². The number of amides is 2. The average molecular weight is 553 g/mol. The van der Waals surface area contributed by atoms with Crippen molar-refractivity contribution >= 4 is 57.9 Å². The molecule has 34 heavy (non-hydrogen) atoms. The molecule has 0 bridgehead atoms. The van der Waals surface area contributed by atoms with E-state index >= 15 is 0 Å². The van der Waals surface area contributed by atoms with E-state index in [9.17, 15) is 19.2 Å². The van der Waals surface area contributed by atoms with Gasteiger partial charge in [-0.25, -0.2) is 0 Å². The van der Waals surface area contributed by atoms with Crippen molar-refractivity contribution in [3.63, 3.8) is 0 Å². The molecule has 2 aromatic rings. The maximum absolute atomic E-state index is 12.8. The molecule has 9 nitrogen and oxygen atoms in total. The van der Waals surface area contributed by atoms with Crippen LogP contribution in [0.1, 0.15) is 30.1 Å². The molecule has 0 aromatic heterocycles. The molecule has 0 saturated carbocycles. The fourth-order valence-corrected chi connectivity index (χ4v) is 6.90. The van der Waals surface area contributed by atoms with E-state index in [2.05, 4.69) is 10.6 Å². The van der Waals surface area contributed by atoms with E-state index in [1.54, 1.807) is 31.2 Å². The van der Waals surface area contributed by atoms with Crippen LogP contribution in [0, 0.1) is 0 Å². The van der Waals surface area contributed by atoms with Gasteiger partial charge in [0.05, 0.1) is 0 Å². The minimum absolute atomic E-state index is 0.0440. The number of ether oxygens (including phenoxy) is 1. The zero-order valence-electron chi connectivity index (χ0n) is 18.6. The summed E-state index contributed by atoms with van der Waals surface area (Å²) in [6, 6.07) is 14.3. The second kappa shape index (κ2) is 14.4. The second-order valence-electron chi connectivity index (χ2n) is 7.04. The van der Waals surface area contributed by atoms with Crippen molar-refractivity contribution in [2.45, 2.75) is 31.8 Å². The van der Waals surface area contributed by atoms with Crippen LogP contribution in [0.3, 0.4) is 0 Å². The van der Waals surface area contributed by atoms with Crippen molar-refractivity contribution in [3.8, 4) is 0 Å². The van der Waals surface area contributed by atoms with Crippen LogP contribution < -0.4 is 20.8 Å². The van der Waals surface area contributed by atoms with Crippen molar-refractivity contribution in [1.29, 1.82) is 0 Å². The summed E-state index contributed by atoms with van der Waals surface area (Å²) < 4.78 is 5.90. The summed E-state index contributed by atoms with van der Waals surface area (Å²) in [4.78, 5) is 48.1. The van der Waals surface area contributed by atoms with Crippen LogP contribution >= 0.6 is 10.2 Å². The van der Waals surface area contributed by atoms with Gasteiger partial charge in [0.1, 0.15) is 0 Å². The first kappa shape index (κ1) is 27.4. The Hall–Kier alpha value is -2.85. The second-order valence-corrected chi connectivity index (χ2v) is 11.2. The Morgan fingerprint density at radius 3 is 2.44 bits per heavy atom. The van der Waals surface area contributed by atoms with E-state index in [-0.39, 0.29) is 44.9 Å². The van der Waals surface area contributed by atoms with Gasteiger partial charge in [0.2, 0.25) is 0 Å². The molecular formula is C23H27N3O6SSe. The summed E-state index contributed by atoms with van der Waals surface area (Å²) in [5.41, 5.74) is 6.66. The van der Waals surface area contributed by atoms with Crippen LogP contribution in [-0.2, 0) is 19.1 Å². The molecule has 182 valence electrons. The maximum atomic E-state index is 12.8. The molecule has 0 fully saturated rings. The number of carboxylic acid groups (broad SMARTS) is 1. The van der Waals surface area contributed by atoms with Gasteiger partial charge in [-0.15, -0.1) is 0 Å². The van der Waals surface area contributed by atoms with Gasteiger partial charge in [0.15, 0.2) is 0 Å². The van der Waals surface area contributed by atoms with Crippen LogP contribution in [0.2, 0.25) is 0 Å². The Morgan fingerprint density at radius 2 is 1.76 bits per heavy atom. The summed E-state index contributed by atoms with van der Waals surface area (Å²) >= 11 is -0.230. The van der Waals surface area contributed by atoms with Crippen LogP contribution in [0.25, 0.3) is 0 Å². The van der Waals surface area contributed by atoms with Gasteiger partial charge in [-0.2, -0.15) is 0 Å². The van der Waals surface area contributed by atoms with Crippen molar-refractivity contribution in [3.05, 3.63) is 60.2 Å². The van der Waals surface area contributed by atoms with Gasteiger partial charge in [-0.1, -0.05) is 0 Å². The number of hydrogen-bond donors (Lipinski definition) is 4. The first-order valence-corrected chi connectivity index (χ1v) is 14.4. The Balaban J connectivity index is 1.98. The molecule has 11 heteroatoms. The number of anilines is 1. The molecule has 2 atom stereocenters. The van der Waals surface area contributed by atoms with Crippen molar-refractivity contribution in [1.82, 2.24) is 5.32 Å². The van der Waals surface area contributed by atoms with Crippen LogP contribution in [0.5, 0.6) is 0 Å². The summed E-state index contributed by atoms with van der Waals surface area (Å²) in [6.45, 7) is 1.83. The van der Waals surface area contributed by atoms with Crippen LogP contribution in [-0.4, -0.2) is 67.1 Å². The number of aliphatic carboxylic acids is 1. The van der Waals surface area contributed by atoms with Gasteiger partial charge in [-0.05, 0) is 0 Å². The number of hydrogen-bond acceptors (Lipinski definition) is 7. The van der Waals surface area contributed by atoms with Gasteiger partial charge in [0, 0.05) is 0 Å². The summed E-state index contributed by atoms with van der Waals surface area (Å²) in [6.07, 6.45) is -0.167. The molecule has 0 heterocycles. The molecule has 2 amide bonds. The van der Waals surface area contributed by atoms with Crippen molar-refractivity contribution in [2.24, 2.45) is 5.73 Å². The number of benzene rings is 2. The van der Waals surface area contributed by atoms with Gasteiger partial charge >= 0.3 is 208 Å². The zero-order chi connectivity index (χ0) is 24.9. The topological polar surface area (TPSA) is 148 Å². The molecule has 2 aromatic carbocycles. The molecule has 0 spiro atoms. The number of esters is 1. The number of carbonyl (C=O) groups is 4. The Kier molecular flexibility index (Phi) is 11.6. The molecule has 0 aliphatic carbocycles. The molecule has 2 unspecified atom stereocenters. The quantitative estimate of drug-likeness (QED) is 0.214. The summed E-state index contributed by atoms with van der Waals surface area (Å²) in [5.74, 6) is -2.23. The Bertz CT molecular complexity index is 992. The van der Waals surface area contributed by atoms with Crippen LogP contribution in [0.4, 0.5) is 5.69 Å². The minimum atomic E-state index is -1.19. The zero-order valence-corrected chi connectivity index (χ0v) is 21.1. The van der Waals surface area contributed by atoms with Crippen LogP contribution in [0.15, 0.2) is 54.6 Å². The number of nitrogens with one attached hydrogen (secondary N) is 2. The normalized spacial score (nSPS) is 12.3. The van der Waals surface area contributed by atoms with Crippen molar-refractivity contribution in [2.75, 3.05) is 17.7 Å². The first-order valence-electron chi connectivity index (χ1n) is 10.5. The third-order valence-electron chi connectivity index (χ3n) is 4.45. The molecular weight excluding hydrogens is 525 g/mol. The summed E-state index contributed by atoms with van der Waals surface area (Å²) in [7, 11) is 1.43. The van der Waals surface area contributed by atoms with E-state index in [1.807, 2.05) is 30.3 Å². The third kappa shape index (κ3) is 9.18. The van der Waals surface area contributed by atoms with E-state index in [0.717, 1.165) is 4.46 Å². The van der Waals surface area contributed by atoms with E-state index in [0.29, 0.717) is 11.3 Å². The number of nitrogens with two attached hydrogens (primary N) is 1. The molecule has 0 aliphatic rings. The first-order chi connectivity index (χ1) is 16.3. The predicted molar refractivity (Wildman–Crippen MR) is 132 cm³/mol. The monoisotopic (exact) mass is 553 g/mol. The number of para-hydroxylation sites is 1. The van der Waals surface area contributed by atoms with E-state index in [1.165, 1.54) is 10.2 Å². The third-order valence-corrected chi connectivity index (χ3v) is 8.69. The molecule has 0 saturated heterocycles. The molecule has 2 rings (SSSR count). The molecule has 0 radical (unpaired) electrons. The van der Waals surface area contributed by atoms with Gasteiger partial charge in [-0.3, -0.25) is 0 Å². The number of carboxylic acids is 1. The SMILES string of the molecule is CCOC(=O)C(CS[Se]c1ccccc1C(=O)Nc1ccccc1)NC(=O)CCC(N)C(=O)O. The van der Waals surface area contributed by atoms with Gasteiger partial charge in [0.25, 0.3) is 0 Å². The Morgan fingerprint density at radius 1 is 1.09 bits per heavy atom. The predicted octanol–water partition coefficient (Wildman–Crippen LogP) is 1.16.